The van der Waals surface area contributed by atoms with Crippen molar-refractivity contribution in [1.29, 1.82) is 0 Å². The van der Waals surface area contributed by atoms with Crippen molar-refractivity contribution in [1.82, 2.24) is 10.2 Å². The topological polar surface area (TPSA) is 58.4 Å². The van der Waals surface area contributed by atoms with Gasteiger partial charge in [-0.3, -0.25) is 9.69 Å². The van der Waals surface area contributed by atoms with E-state index in [9.17, 15) is 4.79 Å². The largest absolute Gasteiger partial charge is 0.355 e. The number of likely N-dealkylation sites (N-methyl/N-ethyl adjacent to an activating group) is 1. The fraction of sp³-hybridized carbons (Fsp3) is 0.917. The number of carbonyl (C=O) groups is 1. The highest BCUT2D eigenvalue weighted by Crippen LogP contribution is 2.33. The maximum Gasteiger partial charge on any atom is 0.237 e. The minimum atomic E-state index is -0.0208. The summed E-state index contributed by atoms with van der Waals surface area (Å²) in [5.74, 6) is 0.136. The van der Waals surface area contributed by atoms with Gasteiger partial charge in [-0.25, -0.2) is 0 Å². The van der Waals surface area contributed by atoms with E-state index in [1.165, 1.54) is 0 Å². The van der Waals surface area contributed by atoms with Crippen LogP contribution in [-0.2, 0) is 4.79 Å². The van der Waals surface area contributed by atoms with Gasteiger partial charge in [0.1, 0.15) is 0 Å². The Kier molecular flexibility index (Phi) is 5.76. The number of hydrogen-bond acceptors (Lipinski definition) is 4. The molecule has 1 amide bonds. The molecule has 0 aromatic heterocycles. The number of nitrogens with two attached hydrogens (primary N) is 1. The molecule has 1 unspecified atom stereocenters. The van der Waals surface area contributed by atoms with Crippen LogP contribution in [0.5, 0.6) is 0 Å². The Morgan fingerprint density at radius 2 is 2.12 bits per heavy atom. The van der Waals surface area contributed by atoms with Crippen molar-refractivity contribution in [3.8, 4) is 0 Å². The second-order valence-electron chi connectivity index (χ2n) is 4.70. The van der Waals surface area contributed by atoms with Gasteiger partial charge in [-0.05, 0) is 32.9 Å². The Hall–Kier alpha value is -0.260. The molecule has 0 saturated carbocycles. The minimum Gasteiger partial charge on any atom is -0.355 e. The summed E-state index contributed by atoms with van der Waals surface area (Å²) in [6.07, 6.45) is 4.29. The average Bonchev–Trinajstić information content (AvgIpc) is 2.38. The van der Waals surface area contributed by atoms with Crippen molar-refractivity contribution in [2.24, 2.45) is 5.73 Å². The first-order valence-electron chi connectivity index (χ1n) is 6.35. The summed E-state index contributed by atoms with van der Waals surface area (Å²) < 4.78 is 0.234. The molecule has 0 aliphatic carbocycles. The fourth-order valence-electron chi connectivity index (χ4n) is 2.30. The normalized spacial score (nSPS) is 22.1. The quantitative estimate of drug-likeness (QED) is 0.762. The first-order valence-corrected chi connectivity index (χ1v) is 7.58. The van der Waals surface area contributed by atoms with Crippen molar-refractivity contribution in [2.75, 3.05) is 32.4 Å². The van der Waals surface area contributed by atoms with Crippen molar-refractivity contribution in [3.05, 3.63) is 0 Å². The number of likely N-dealkylation sites (tertiary alicyclic amines) is 1. The van der Waals surface area contributed by atoms with Crippen LogP contribution in [0.2, 0.25) is 0 Å². The lowest BCUT2D eigenvalue weighted by Crippen LogP contribution is -2.53. The molecule has 1 heterocycles. The molecule has 0 spiro atoms. The molecule has 1 saturated heterocycles. The maximum absolute atomic E-state index is 11.8. The Morgan fingerprint density at radius 1 is 1.53 bits per heavy atom. The molecule has 0 aromatic carbocycles. The van der Waals surface area contributed by atoms with E-state index in [1.54, 1.807) is 0 Å². The van der Waals surface area contributed by atoms with E-state index >= 15 is 0 Å². The van der Waals surface area contributed by atoms with Crippen molar-refractivity contribution < 1.29 is 4.79 Å². The zero-order valence-corrected chi connectivity index (χ0v) is 12.0. The van der Waals surface area contributed by atoms with Gasteiger partial charge in [0.25, 0.3) is 0 Å². The van der Waals surface area contributed by atoms with Gasteiger partial charge in [-0.1, -0.05) is 0 Å². The molecule has 0 bridgehead atoms. The summed E-state index contributed by atoms with van der Waals surface area (Å²) >= 11 is 1.87. The fourth-order valence-corrected chi connectivity index (χ4v) is 3.06. The molecule has 1 aliphatic heterocycles. The van der Waals surface area contributed by atoms with E-state index in [0.717, 1.165) is 32.5 Å². The third-order valence-electron chi connectivity index (χ3n) is 3.79. The van der Waals surface area contributed by atoms with Crippen LogP contribution in [0.15, 0.2) is 0 Å². The predicted molar refractivity (Wildman–Crippen MR) is 74.3 cm³/mol. The summed E-state index contributed by atoms with van der Waals surface area (Å²) in [5.41, 5.74) is 5.86. The van der Waals surface area contributed by atoms with E-state index in [2.05, 4.69) is 16.5 Å². The molecule has 3 N–H and O–H groups in total. The molecule has 1 rings (SSSR count). The van der Waals surface area contributed by atoms with Gasteiger partial charge in [0.15, 0.2) is 0 Å². The highest BCUT2D eigenvalue weighted by molar-refractivity contribution is 8.00. The summed E-state index contributed by atoms with van der Waals surface area (Å²) in [4.78, 5) is 14.0. The molecule has 1 atom stereocenters. The van der Waals surface area contributed by atoms with Crippen molar-refractivity contribution in [3.63, 3.8) is 0 Å². The molecule has 0 aromatic rings. The van der Waals surface area contributed by atoms with E-state index in [4.69, 9.17) is 5.73 Å². The first-order chi connectivity index (χ1) is 8.08. The lowest BCUT2D eigenvalue weighted by atomic mass is 9.95. The second kappa shape index (κ2) is 6.61. The van der Waals surface area contributed by atoms with E-state index in [1.807, 2.05) is 25.6 Å². The number of nitrogens with one attached hydrogen (secondary N) is 1. The van der Waals surface area contributed by atoms with E-state index < -0.39 is 0 Å². The standard InChI is InChI=1S/C12H25N3OS/c1-4-14-11(16)10(2)15-7-5-12(9-13,17-3)6-8-15/h10H,4-9,13H2,1-3H3,(H,14,16). The van der Waals surface area contributed by atoms with Gasteiger partial charge in [-0.15, -0.1) is 0 Å². The Balaban J connectivity index is 2.48. The van der Waals surface area contributed by atoms with Crippen LogP contribution >= 0.6 is 11.8 Å². The van der Waals surface area contributed by atoms with E-state index in [-0.39, 0.29) is 16.7 Å². The van der Waals surface area contributed by atoms with Crippen molar-refractivity contribution in [2.45, 2.75) is 37.5 Å². The molecule has 4 nitrogen and oxygen atoms in total. The zero-order chi connectivity index (χ0) is 12.9. The molecular formula is C12H25N3OS. The number of rotatable bonds is 5. The van der Waals surface area contributed by atoms with Crippen LogP contribution < -0.4 is 11.1 Å². The monoisotopic (exact) mass is 259 g/mol. The van der Waals surface area contributed by atoms with Crippen LogP contribution in [0, 0.1) is 0 Å². The maximum atomic E-state index is 11.8. The Morgan fingerprint density at radius 3 is 2.53 bits per heavy atom. The number of piperidine rings is 1. The molecule has 5 heteroatoms. The Labute approximate surface area is 109 Å². The number of thioether (sulfide) groups is 1. The predicted octanol–water partition coefficient (Wildman–Crippen LogP) is 0.667. The lowest BCUT2D eigenvalue weighted by Gasteiger charge is -2.41. The van der Waals surface area contributed by atoms with E-state index in [0.29, 0.717) is 6.54 Å². The van der Waals surface area contributed by atoms with Gasteiger partial charge in [0.2, 0.25) is 5.91 Å². The first kappa shape index (κ1) is 14.8. The highest BCUT2D eigenvalue weighted by Gasteiger charge is 2.35. The molecule has 17 heavy (non-hydrogen) atoms. The summed E-state index contributed by atoms with van der Waals surface area (Å²) in [5, 5.41) is 2.88. The van der Waals surface area contributed by atoms with Gasteiger partial charge in [0, 0.05) is 30.9 Å². The van der Waals surface area contributed by atoms with Crippen LogP contribution in [0.1, 0.15) is 26.7 Å². The van der Waals surface area contributed by atoms with Gasteiger partial charge >= 0.3 is 0 Å². The molecule has 1 fully saturated rings. The Bertz CT molecular complexity index is 246. The molecule has 1 aliphatic rings. The van der Waals surface area contributed by atoms with Gasteiger partial charge < -0.3 is 11.1 Å². The average molecular weight is 259 g/mol. The van der Waals surface area contributed by atoms with Crippen LogP contribution in [0.25, 0.3) is 0 Å². The minimum absolute atomic E-state index is 0.0208. The number of nitrogens with zero attached hydrogens (tertiary/aromatic N) is 1. The third kappa shape index (κ3) is 3.60. The van der Waals surface area contributed by atoms with Crippen LogP contribution in [0.4, 0.5) is 0 Å². The molecular weight excluding hydrogens is 234 g/mol. The van der Waals surface area contributed by atoms with Crippen molar-refractivity contribution >= 4 is 17.7 Å². The van der Waals surface area contributed by atoms with Crippen LogP contribution in [-0.4, -0.2) is 54.0 Å². The number of amides is 1. The number of carbonyl (C=O) groups excluding carboxylic acids is 1. The van der Waals surface area contributed by atoms with Crippen LogP contribution in [0.3, 0.4) is 0 Å². The van der Waals surface area contributed by atoms with Gasteiger partial charge in [0.05, 0.1) is 6.04 Å². The SMILES string of the molecule is CCNC(=O)C(C)N1CCC(CN)(SC)CC1. The molecule has 0 radical (unpaired) electrons. The third-order valence-corrected chi connectivity index (χ3v) is 5.23. The zero-order valence-electron chi connectivity index (χ0n) is 11.2. The van der Waals surface area contributed by atoms with Gasteiger partial charge in [-0.2, -0.15) is 11.8 Å². The summed E-state index contributed by atoms with van der Waals surface area (Å²) in [7, 11) is 0. The summed E-state index contributed by atoms with van der Waals surface area (Å²) in [6.45, 7) is 7.31. The second-order valence-corrected chi connectivity index (χ2v) is 5.97. The molecule has 100 valence electrons. The summed E-state index contributed by atoms with van der Waals surface area (Å²) in [6, 6.07) is -0.0208. The smallest absolute Gasteiger partial charge is 0.237 e. The number of hydrogen-bond donors (Lipinski definition) is 2. The highest BCUT2D eigenvalue weighted by atomic mass is 32.2. The lowest BCUT2D eigenvalue weighted by molar-refractivity contribution is -0.126.